The lowest BCUT2D eigenvalue weighted by molar-refractivity contribution is -0.199. The Morgan fingerprint density at radius 3 is 2.04 bits per heavy atom. The van der Waals surface area contributed by atoms with Crippen molar-refractivity contribution >= 4 is 36.6 Å². The van der Waals surface area contributed by atoms with Gasteiger partial charge >= 0.3 is 12.4 Å². The number of nitrogens with one attached hydrogen (secondary N) is 1. The zero-order valence-corrected chi connectivity index (χ0v) is 25.7. The number of carbonyl (C=O) groups excluding carboxylic acids is 2. The molecule has 0 radical (unpaired) electrons. The fourth-order valence-electron chi connectivity index (χ4n) is 6.00. The second-order valence-electron chi connectivity index (χ2n) is 12.2. The summed E-state index contributed by atoms with van der Waals surface area (Å²) in [4.78, 5) is 30.6. The van der Waals surface area contributed by atoms with Crippen LogP contribution in [0.15, 0.2) is 18.2 Å². The topological polar surface area (TPSA) is 79.7 Å². The van der Waals surface area contributed by atoms with Crippen LogP contribution >= 0.6 is 24.8 Å². The zero-order valence-electron chi connectivity index (χ0n) is 24.1. The molecule has 1 aromatic rings. The number of halogens is 10. The maximum Gasteiger partial charge on any atom is 0.416 e. The molecular formula is C28H33Cl2F8N5O2. The van der Waals surface area contributed by atoms with Crippen molar-refractivity contribution in [2.24, 2.45) is 11.3 Å². The summed E-state index contributed by atoms with van der Waals surface area (Å²) in [6.07, 6.45) is -11.8. The molecule has 4 fully saturated rings. The summed E-state index contributed by atoms with van der Waals surface area (Å²) >= 11 is 0. The van der Waals surface area contributed by atoms with Crippen molar-refractivity contribution < 1.29 is 44.7 Å². The summed E-state index contributed by atoms with van der Waals surface area (Å²) in [6, 6.07) is 2.56. The molecule has 2 amide bonds. The number of nitrogens with zero attached hydrogens (tertiary/aromatic N) is 4. The van der Waals surface area contributed by atoms with Crippen LogP contribution in [0, 0.1) is 22.7 Å². The van der Waals surface area contributed by atoms with Crippen LogP contribution in [0.4, 0.5) is 35.1 Å². The lowest BCUT2D eigenvalue weighted by Gasteiger charge is -2.33. The minimum atomic E-state index is -5.18. The molecule has 2 atom stereocenters. The largest absolute Gasteiger partial charge is 0.416 e. The molecule has 17 heteroatoms. The summed E-state index contributed by atoms with van der Waals surface area (Å²) in [6.45, 7) is 1.60. The third kappa shape index (κ3) is 7.13. The van der Waals surface area contributed by atoms with E-state index < -0.39 is 89.9 Å². The van der Waals surface area contributed by atoms with E-state index in [0.29, 0.717) is 43.2 Å². The van der Waals surface area contributed by atoms with Gasteiger partial charge in [0.1, 0.15) is 17.0 Å². The van der Waals surface area contributed by atoms with Gasteiger partial charge in [-0.1, -0.05) is 12.1 Å². The molecule has 0 spiro atoms. The number of piperazine rings is 1. The summed E-state index contributed by atoms with van der Waals surface area (Å²) < 4.78 is 116. The molecule has 45 heavy (non-hydrogen) atoms. The molecule has 2 heterocycles. The number of hydrogen-bond donors (Lipinski definition) is 1. The van der Waals surface area contributed by atoms with E-state index in [1.165, 1.54) is 6.07 Å². The number of nitriles is 1. The second kappa shape index (κ2) is 12.7. The fraction of sp³-hybridized carbons (Fsp3) is 0.679. The third-order valence-corrected chi connectivity index (χ3v) is 9.16. The molecule has 1 N–H and O–H groups in total. The first-order chi connectivity index (χ1) is 19.9. The Labute approximate surface area is 267 Å². The average Bonchev–Trinajstić information content (AvgIpc) is 3.85. The number of benzene rings is 1. The molecule has 2 saturated carbocycles. The molecule has 0 aromatic heterocycles. The smallest absolute Gasteiger partial charge is 0.336 e. The quantitative estimate of drug-likeness (QED) is 0.402. The van der Waals surface area contributed by atoms with Gasteiger partial charge in [-0.3, -0.25) is 14.5 Å². The minimum absolute atomic E-state index is 0. The summed E-state index contributed by atoms with van der Waals surface area (Å²) in [7, 11) is 1.91. The lowest BCUT2D eigenvalue weighted by Crippen LogP contribution is -2.53. The van der Waals surface area contributed by atoms with Crippen LogP contribution in [-0.4, -0.2) is 84.0 Å². The van der Waals surface area contributed by atoms with Crippen molar-refractivity contribution in [3.05, 3.63) is 34.9 Å². The highest BCUT2D eigenvalue weighted by Crippen LogP contribution is 2.60. The van der Waals surface area contributed by atoms with E-state index in [4.69, 9.17) is 0 Å². The maximum absolute atomic E-state index is 16.1. The van der Waals surface area contributed by atoms with Crippen molar-refractivity contribution in [2.45, 2.75) is 68.5 Å². The van der Waals surface area contributed by atoms with Crippen molar-refractivity contribution in [3.8, 4) is 6.07 Å². The van der Waals surface area contributed by atoms with Crippen molar-refractivity contribution in [2.75, 3.05) is 39.8 Å². The van der Waals surface area contributed by atoms with E-state index >= 15 is 8.78 Å². The first kappa shape index (κ1) is 37.1. The monoisotopic (exact) mass is 693 g/mol. The van der Waals surface area contributed by atoms with Gasteiger partial charge in [-0.05, 0) is 50.8 Å². The number of likely N-dealkylation sites (N-methyl/N-ethyl adjacent to an activating group) is 1. The minimum Gasteiger partial charge on any atom is -0.336 e. The number of alkyl halides is 8. The number of amides is 2. The Hall–Kier alpha value is -2.41. The van der Waals surface area contributed by atoms with Gasteiger partial charge in [0.25, 0.3) is 5.92 Å². The first-order valence-corrected chi connectivity index (χ1v) is 14.0. The van der Waals surface area contributed by atoms with E-state index in [1.807, 2.05) is 18.0 Å². The van der Waals surface area contributed by atoms with Crippen molar-refractivity contribution in [1.82, 2.24) is 20.0 Å². The molecule has 252 valence electrons. The first-order valence-electron chi connectivity index (χ1n) is 14.0. The fourth-order valence-corrected chi connectivity index (χ4v) is 6.00. The van der Waals surface area contributed by atoms with Crippen LogP contribution in [0.25, 0.3) is 0 Å². The van der Waals surface area contributed by atoms with Gasteiger partial charge in [0, 0.05) is 50.7 Å². The second-order valence-corrected chi connectivity index (χ2v) is 12.2. The van der Waals surface area contributed by atoms with Gasteiger partial charge in [-0.15, -0.1) is 24.8 Å². The van der Waals surface area contributed by atoms with Crippen LogP contribution in [-0.2, 0) is 28.2 Å². The molecule has 7 nitrogen and oxygen atoms in total. The van der Waals surface area contributed by atoms with Crippen LogP contribution in [0.2, 0.25) is 0 Å². The van der Waals surface area contributed by atoms with Gasteiger partial charge in [0.2, 0.25) is 11.8 Å². The van der Waals surface area contributed by atoms with Gasteiger partial charge in [0.05, 0.1) is 11.6 Å². The predicted molar refractivity (Wildman–Crippen MR) is 150 cm³/mol. The number of rotatable bonds is 7. The molecule has 0 bridgehead atoms. The Kier molecular flexibility index (Phi) is 10.4. The van der Waals surface area contributed by atoms with Crippen LogP contribution in [0.5, 0.6) is 0 Å². The molecule has 2 saturated heterocycles. The maximum atomic E-state index is 16.1. The standard InChI is InChI=1S/C28H31F8N5O2.2ClH/c1-39-8-10-40(11-9-39)14-17-2-3-19(20(12-17)27(31,32)33)26(29,30)18-13-21(22(42)38-24(16-37)4-5-24)41(15-18)23(43)25(6-7-25)28(34,35)36;;/h2-3,12,18,21H,4-11,13-15H2,1H3,(H,38,42);2*1H/t18?,21-;;/m0../s1. The molecule has 2 aliphatic heterocycles. The Morgan fingerprint density at radius 1 is 0.956 bits per heavy atom. The van der Waals surface area contributed by atoms with Crippen molar-refractivity contribution in [3.63, 3.8) is 0 Å². The van der Waals surface area contributed by atoms with Gasteiger partial charge < -0.3 is 15.1 Å². The molecular weight excluding hydrogens is 661 g/mol. The average molecular weight is 694 g/mol. The number of likely N-dealkylation sites (tertiary alicyclic amines) is 1. The number of carbonyl (C=O) groups is 2. The van der Waals surface area contributed by atoms with Crippen molar-refractivity contribution in [1.29, 1.82) is 5.26 Å². The lowest BCUT2D eigenvalue weighted by atomic mass is 9.88. The van der Waals surface area contributed by atoms with E-state index in [9.17, 15) is 41.2 Å². The van der Waals surface area contributed by atoms with Gasteiger partial charge in [0.15, 0.2) is 0 Å². The zero-order chi connectivity index (χ0) is 31.6. The Balaban J connectivity index is 0.00000276. The van der Waals surface area contributed by atoms with Gasteiger partial charge in [-0.25, -0.2) is 8.78 Å². The van der Waals surface area contributed by atoms with Crippen LogP contribution in [0.3, 0.4) is 0 Å². The molecule has 5 rings (SSSR count). The summed E-state index contributed by atoms with van der Waals surface area (Å²) in [5, 5.41) is 11.7. The predicted octanol–water partition coefficient (Wildman–Crippen LogP) is 5.12. The van der Waals surface area contributed by atoms with Gasteiger partial charge in [-0.2, -0.15) is 31.6 Å². The normalized spacial score (nSPS) is 24.6. The van der Waals surface area contributed by atoms with Crippen LogP contribution < -0.4 is 5.32 Å². The highest BCUT2D eigenvalue weighted by molar-refractivity contribution is 5.93. The van der Waals surface area contributed by atoms with E-state index in [0.717, 1.165) is 0 Å². The molecule has 2 aliphatic carbocycles. The summed E-state index contributed by atoms with van der Waals surface area (Å²) in [5.41, 5.74) is -6.91. The Morgan fingerprint density at radius 2 is 1.56 bits per heavy atom. The Bertz CT molecular complexity index is 1320. The van der Waals surface area contributed by atoms with E-state index in [-0.39, 0.29) is 49.8 Å². The van der Waals surface area contributed by atoms with E-state index in [2.05, 4.69) is 10.2 Å². The molecule has 4 aliphatic rings. The van der Waals surface area contributed by atoms with E-state index in [1.54, 1.807) is 0 Å². The third-order valence-electron chi connectivity index (χ3n) is 9.16. The molecule has 1 unspecified atom stereocenters. The SMILES string of the molecule is CN1CCN(Cc2ccc(C(F)(F)C3C[C@@H](C(=O)NC4(C#N)CC4)N(C(=O)C4(C(F)(F)F)CC4)C3)c(C(F)(F)F)c2)CC1.Cl.Cl. The van der Waals surface area contributed by atoms with Crippen LogP contribution in [0.1, 0.15) is 48.8 Å². The highest BCUT2D eigenvalue weighted by Gasteiger charge is 2.71. The number of hydrogen-bond acceptors (Lipinski definition) is 5. The highest BCUT2D eigenvalue weighted by atomic mass is 35.5. The summed E-state index contributed by atoms with van der Waals surface area (Å²) in [5.74, 6) is -8.98. The molecule has 1 aromatic carbocycles.